The lowest BCUT2D eigenvalue weighted by Crippen LogP contribution is -2.59. The summed E-state index contributed by atoms with van der Waals surface area (Å²) in [6.45, 7) is 14.1. The van der Waals surface area contributed by atoms with Gasteiger partial charge in [0, 0.05) is 37.8 Å². The number of piperidine rings is 1. The van der Waals surface area contributed by atoms with Crippen LogP contribution >= 0.6 is 0 Å². The van der Waals surface area contributed by atoms with Gasteiger partial charge in [-0.15, -0.1) is 0 Å². The third-order valence-corrected chi connectivity index (χ3v) is 5.16. The van der Waals surface area contributed by atoms with Crippen LogP contribution in [-0.2, 0) is 0 Å². The highest BCUT2D eigenvalue weighted by Crippen LogP contribution is 2.25. The summed E-state index contributed by atoms with van der Waals surface area (Å²) in [4.78, 5) is 5.40. The quantitative estimate of drug-likeness (QED) is 0.852. The lowest BCUT2D eigenvalue weighted by Gasteiger charge is -2.48. The maximum absolute atomic E-state index is 6.31. The first-order valence-corrected chi connectivity index (χ1v) is 8.11. The molecule has 3 nitrogen and oxygen atoms in total. The third-order valence-electron chi connectivity index (χ3n) is 5.16. The monoisotopic (exact) mass is 267 g/mol. The largest absolute Gasteiger partial charge is 0.327 e. The molecule has 2 rings (SSSR count). The predicted molar refractivity (Wildman–Crippen MR) is 82.3 cm³/mol. The molecule has 3 atom stereocenters. The molecule has 3 unspecified atom stereocenters. The van der Waals surface area contributed by atoms with Gasteiger partial charge in [0.25, 0.3) is 0 Å². The van der Waals surface area contributed by atoms with Crippen LogP contribution < -0.4 is 5.73 Å². The zero-order chi connectivity index (χ0) is 14.0. The van der Waals surface area contributed by atoms with E-state index in [2.05, 4.69) is 37.5 Å². The fourth-order valence-corrected chi connectivity index (χ4v) is 3.46. The fraction of sp³-hybridized carbons (Fsp3) is 1.00. The summed E-state index contributed by atoms with van der Waals surface area (Å²) in [5, 5.41) is 0. The second-order valence-electron chi connectivity index (χ2n) is 7.75. The van der Waals surface area contributed by atoms with Gasteiger partial charge in [0.1, 0.15) is 0 Å². The molecule has 0 amide bonds. The first-order chi connectivity index (χ1) is 8.88. The SMILES string of the molecule is CC1CN2CCCCC2CN1CCC(N)C(C)(C)C. The Balaban J connectivity index is 1.83. The molecule has 0 spiro atoms. The number of hydrogen-bond donors (Lipinski definition) is 1. The van der Waals surface area contributed by atoms with Crippen LogP contribution in [0.2, 0.25) is 0 Å². The number of rotatable bonds is 3. The maximum atomic E-state index is 6.31. The average Bonchev–Trinajstić information content (AvgIpc) is 2.34. The van der Waals surface area contributed by atoms with Crippen molar-refractivity contribution in [2.45, 2.75) is 71.5 Å². The van der Waals surface area contributed by atoms with Gasteiger partial charge in [0.05, 0.1) is 0 Å². The van der Waals surface area contributed by atoms with Crippen LogP contribution in [0.1, 0.15) is 53.4 Å². The van der Waals surface area contributed by atoms with Crippen LogP contribution in [0.5, 0.6) is 0 Å². The van der Waals surface area contributed by atoms with Crippen molar-refractivity contribution < 1.29 is 0 Å². The molecule has 2 N–H and O–H groups in total. The van der Waals surface area contributed by atoms with Crippen molar-refractivity contribution in [2.24, 2.45) is 11.1 Å². The molecular formula is C16H33N3. The first kappa shape index (κ1) is 15.3. The van der Waals surface area contributed by atoms with Crippen LogP contribution in [0.25, 0.3) is 0 Å². The van der Waals surface area contributed by atoms with Gasteiger partial charge in [-0.05, 0) is 38.1 Å². The van der Waals surface area contributed by atoms with E-state index < -0.39 is 0 Å². The Morgan fingerprint density at radius 1 is 1.21 bits per heavy atom. The first-order valence-electron chi connectivity index (χ1n) is 8.11. The molecule has 0 aliphatic carbocycles. The highest BCUT2D eigenvalue weighted by Gasteiger charge is 2.33. The molecule has 0 radical (unpaired) electrons. The molecule has 19 heavy (non-hydrogen) atoms. The minimum absolute atomic E-state index is 0.232. The van der Waals surface area contributed by atoms with Crippen LogP contribution in [0, 0.1) is 5.41 Å². The van der Waals surface area contributed by atoms with E-state index in [1.807, 2.05) is 0 Å². The van der Waals surface area contributed by atoms with E-state index in [4.69, 9.17) is 5.73 Å². The molecule has 2 heterocycles. The molecule has 0 aromatic heterocycles. The van der Waals surface area contributed by atoms with Crippen LogP contribution in [-0.4, -0.2) is 54.1 Å². The van der Waals surface area contributed by atoms with Crippen molar-refractivity contribution in [2.75, 3.05) is 26.2 Å². The molecule has 0 saturated carbocycles. The van der Waals surface area contributed by atoms with E-state index in [0.29, 0.717) is 12.1 Å². The van der Waals surface area contributed by atoms with Gasteiger partial charge in [-0.3, -0.25) is 9.80 Å². The Morgan fingerprint density at radius 3 is 2.63 bits per heavy atom. The zero-order valence-corrected chi connectivity index (χ0v) is 13.4. The average molecular weight is 267 g/mol. The number of fused-ring (bicyclic) bond motifs is 1. The molecule has 2 aliphatic heterocycles. The Kier molecular flexibility index (Phi) is 4.91. The molecule has 0 bridgehead atoms. The Bertz CT molecular complexity index is 284. The zero-order valence-electron chi connectivity index (χ0n) is 13.4. The molecular weight excluding hydrogens is 234 g/mol. The van der Waals surface area contributed by atoms with E-state index in [1.165, 1.54) is 45.4 Å². The summed E-state index contributed by atoms with van der Waals surface area (Å²) in [7, 11) is 0. The Hall–Kier alpha value is -0.120. The minimum Gasteiger partial charge on any atom is -0.327 e. The summed E-state index contributed by atoms with van der Waals surface area (Å²) in [6.07, 6.45) is 5.35. The summed E-state index contributed by atoms with van der Waals surface area (Å²) < 4.78 is 0. The van der Waals surface area contributed by atoms with Gasteiger partial charge in [0.15, 0.2) is 0 Å². The highest BCUT2D eigenvalue weighted by atomic mass is 15.3. The molecule has 0 aromatic carbocycles. The maximum Gasteiger partial charge on any atom is 0.0223 e. The molecule has 2 fully saturated rings. The molecule has 2 saturated heterocycles. The molecule has 112 valence electrons. The molecule has 0 aromatic rings. The van der Waals surface area contributed by atoms with E-state index in [1.54, 1.807) is 0 Å². The highest BCUT2D eigenvalue weighted by molar-refractivity contribution is 4.90. The number of nitrogens with two attached hydrogens (primary N) is 1. The van der Waals surface area contributed by atoms with E-state index in [0.717, 1.165) is 12.5 Å². The number of piperazine rings is 1. The van der Waals surface area contributed by atoms with Gasteiger partial charge in [-0.2, -0.15) is 0 Å². The van der Waals surface area contributed by atoms with Crippen molar-refractivity contribution in [1.29, 1.82) is 0 Å². The summed E-state index contributed by atoms with van der Waals surface area (Å²) in [5.41, 5.74) is 6.54. The van der Waals surface area contributed by atoms with E-state index in [9.17, 15) is 0 Å². The number of hydrogen-bond acceptors (Lipinski definition) is 3. The third kappa shape index (κ3) is 3.93. The predicted octanol–water partition coefficient (Wildman–Crippen LogP) is 2.31. The van der Waals surface area contributed by atoms with Gasteiger partial charge in [-0.1, -0.05) is 27.2 Å². The standard InChI is InChI=1S/C16H33N3/c1-13-11-19-9-6-5-7-14(19)12-18(13)10-8-15(17)16(2,3)4/h13-15H,5-12,17H2,1-4H3. The Morgan fingerprint density at radius 2 is 1.95 bits per heavy atom. The van der Waals surface area contributed by atoms with Crippen LogP contribution in [0.3, 0.4) is 0 Å². The second kappa shape index (κ2) is 6.11. The summed E-state index contributed by atoms with van der Waals surface area (Å²) in [6, 6.07) is 1.82. The Labute approximate surface area is 119 Å². The normalized spacial score (nSPS) is 32.1. The van der Waals surface area contributed by atoms with E-state index in [-0.39, 0.29) is 5.41 Å². The van der Waals surface area contributed by atoms with E-state index >= 15 is 0 Å². The van der Waals surface area contributed by atoms with Crippen molar-refractivity contribution in [3.8, 4) is 0 Å². The van der Waals surface area contributed by atoms with Crippen molar-refractivity contribution in [3.05, 3.63) is 0 Å². The second-order valence-corrected chi connectivity index (χ2v) is 7.75. The minimum atomic E-state index is 0.232. The van der Waals surface area contributed by atoms with Crippen molar-refractivity contribution in [3.63, 3.8) is 0 Å². The lowest BCUT2D eigenvalue weighted by atomic mass is 9.85. The van der Waals surface area contributed by atoms with Gasteiger partial charge in [0.2, 0.25) is 0 Å². The molecule has 3 heteroatoms. The fourth-order valence-electron chi connectivity index (χ4n) is 3.46. The van der Waals surface area contributed by atoms with Gasteiger partial charge < -0.3 is 5.73 Å². The lowest BCUT2D eigenvalue weighted by molar-refractivity contribution is 0.0126. The smallest absolute Gasteiger partial charge is 0.0223 e. The van der Waals surface area contributed by atoms with Crippen LogP contribution in [0.4, 0.5) is 0 Å². The van der Waals surface area contributed by atoms with Crippen molar-refractivity contribution >= 4 is 0 Å². The summed E-state index contributed by atoms with van der Waals surface area (Å²) >= 11 is 0. The summed E-state index contributed by atoms with van der Waals surface area (Å²) in [5.74, 6) is 0. The van der Waals surface area contributed by atoms with Gasteiger partial charge >= 0.3 is 0 Å². The number of nitrogens with zero attached hydrogens (tertiary/aromatic N) is 2. The van der Waals surface area contributed by atoms with Crippen molar-refractivity contribution in [1.82, 2.24) is 9.80 Å². The van der Waals surface area contributed by atoms with Crippen LogP contribution in [0.15, 0.2) is 0 Å². The molecule has 2 aliphatic rings. The van der Waals surface area contributed by atoms with Gasteiger partial charge in [-0.25, -0.2) is 0 Å². The topological polar surface area (TPSA) is 32.5 Å².